The smallest absolute Gasteiger partial charge is 0.320 e. The van der Waals surface area contributed by atoms with E-state index in [1.807, 2.05) is 6.26 Å². The van der Waals surface area contributed by atoms with Gasteiger partial charge in [-0.25, -0.2) is 0 Å². The second-order valence-corrected chi connectivity index (χ2v) is 3.88. The zero-order chi connectivity index (χ0) is 11.1. The van der Waals surface area contributed by atoms with Crippen LogP contribution >= 0.6 is 11.8 Å². The van der Waals surface area contributed by atoms with Gasteiger partial charge in [0.05, 0.1) is 0 Å². The first-order chi connectivity index (χ1) is 6.49. The molecule has 3 N–H and O–H groups in total. The van der Waals surface area contributed by atoms with Crippen LogP contribution < -0.4 is 5.32 Å². The van der Waals surface area contributed by atoms with E-state index in [1.165, 1.54) is 18.7 Å². The highest BCUT2D eigenvalue weighted by Crippen LogP contribution is 2.02. The van der Waals surface area contributed by atoms with Crippen molar-refractivity contribution in [2.45, 2.75) is 25.4 Å². The fraction of sp³-hybridized carbons (Fsp3) is 0.750. The van der Waals surface area contributed by atoms with Gasteiger partial charge in [0.2, 0.25) is 0 Å². The first-order valence-corrected chi connectivity index (χ1v) is 5.59. The maximum Gasteiger partial charge on any atom is 0.320 e. The predicted molar refractivity (Wildman–Crippen MR) is 54.7 cm³/mol. The van der Waals surface area contributed by atoms with Gasteiger partial charge in [0, 0.05) is 0 Å². The summed E-state index contributed by atoms with van der Waals surface area (Å²) >= 11 is 1.53. The fourth-order valence-electron chi connectivity index (χ4n) is 0.887. The summed E-state index contributed by atoms with van der Waals surface area (Å²) in [6, 6.07) is -1.62. The quantitative estimate of drug-likeness (QED) is 0.571. The molecule has 0 amide bonds. The number of carboxylic acid groups (broad SMARTS) is 2. The molecule has 14 heavy (non-hydrogen) atoms. The average Bonchev–Trinajstić information content (AvgIpc) is 2.10. The van der Waals surface area contributed by atoms with Crippen molar-refractivity contribution < 1.29 is 19.8 Å². The minimum Gasteiger partial charge on any atom is -0.480 e. The van der Waals surface area contributed by atoms with Gasteiger partial charge in [-0.05, 0) is 25.4 Å². The Balaban J connectivity index is 4.08. The minimum atomic E-state index is -1.04. The van der Waals surface area contributed by atoms with Crippen LogP contribution in [0, 0.1) is 0 Å². The Morgan fingerprint density at radius 1 is 1.36 bits per heavy atom. The molecule has 0 saturated heterocycles. The van der Waals surface area contributed by atoms with E-state index < -0.39 is 24.0 Å². The molecule has 0 radical (unpaired) electrons. The summed E-state index contributed by atoms with van der Waals surface area (Å²) in [6.45, 7) is 1.43. The second kappa shape index (κ2) is 6.67. The Bertz CT molecular complexity index is 210. The molecule has 0 aliphatic heterocycles. The molecule has 6 heteroatoms. The molecule has 0 aromatic rings. The first-order valence-electron chi connectivity index (χ1n) is 4.19. The van der Waals surface area contributed by atoms with E-state index in [1.54, 1.807) is 0 Å². The Kier molecular flexibility index (Phi) is 6.31. The highest BCUT2D eigenvalue weighted by atomic mass is 32.2. The van der Waals surface area contributed by atoms with E-state index in [0.29, 0.717) is 12.2 Å². The largest absolute Gasteiger partial charge is 0.480 e. The first kappa shape index (κ1) is 13.2. The lowest BCUT2D eigenvalue weighted by molar-refractivity contribution is -0.142. The van der Waals surface area contributed by atoms with Crippen LogP contribution in [0.2, 0.25) is 0 Å². The highest BCUT2D eigenvalue weighted by Gasteiger charge is 2.21. The number of carbonyl (C=O) groups is 2. The van der Waals surface area contributed by atoms with Gasteiger partial charge >= 0.3 is 11.9 Å². The lowest BCUT2D eigenvalue weighted by Crippen LogP contribution is -2.45. The number of hydrogen-bond acceptors (Lipinski definition) is 4. The standard InChI is InChI=1S/C8H15NO4S/c1-5(7(10)11)9-6(8(12)13)3-4-14-2/h5-6,9H,3-4H2,1-2H3,(H,10,11)(H,12,13)/t5?,6-/m0/s1. The van der Waals surface area contributed by atoms with E-state index in [9.17, 15) is 9.59 Å². The van der Waals surface area contributed by atoms with Crippen LogP contribution in [0.1, 0.15) is 13.3 Å². The Morgan fingerprint density at radius 3 is 2.29 bits per heavy atom. The molecular weight excluding hydrogens is 206 g/mol. The Morgan fingerprint density at radius 2 is 1.93 bits per heavy atom. The minimum absolute atomic E-state index is 0.425. The molecule has 0 spiro atoms. The van der Waals surface area contributed by atoms with Crippen LogP contribution in [-0.4, -0.2) is 46.2 Å². The van der Waals surface area contributed by atoms with Crippen molar-refractivity contribution in [1.29, 1.82) is 0 Å². The normalized spacial score (nSPS) is 14.7. The van der Waals surface area contributed by atoms with Crippen molar-refractivity contribution >= 4 is 23.7 Å². The lowest BCUT2D eigenvalue weighted by atomic mass is 10.2. The summed E-state index contributed by atoms with van der Waals surface area (Å²) in [7, 11) is 0. The summed E-state index contributed by atoms with van der Waals surface area (Å²) in [5.74, 6) is -1.36. The van der Waals surface area contributed by atoms with Crippen LogP contribution in [0.3, 0.4) is 0 Å². The van der Waals surface area contributed by atoms with Crippen LogP contribution in [0.5, 0.6) is 0 Å². The van der Waals surface area contributed by atoms with Crippen molar-refractivity contribution in [3.8, 4) is 0 Å². The third kappa shape index (κ3) is 5.08. The number of rotatable bonds is 7. The maximum absolute atomic E-state index is 10.7. The maximum atomic E-state index is 10.7. The Labute approximate surface area is 86.9 Å². The van der Waals surface area contributed by atoms with Crippen molar-refractivity contribution in [2.75, 3.05) is 12.0 Å². The van der Waals surface area contributed by atoms with E-state index in [4.69, 9.17) is 10.2 Å². The van der Waals surface area contributed by atoms with Crippen LogP contribution in [-0.2, 0) is 9.59 Å². The van der Waals surface area contributed by atoms with Gasteiger partial charge in [-0.15, -0.1) is 0 Å². The molecule has 0 heterocycles. The van der Waals surface area contributed by atoms with Gasteiger partial charge in [0.1, 0.15) is 12.1 Å². The molecule has 0 fully saturated rings. The average molecular weight is 221 g/mol. The predicted octanol–water partition coefficient (Wildman–Crippen LogP) is 0.255. The molecule has 1 unspecified atom stereocenters. The molecule has 0 bridgehead atoms. The third-order valence-electron chi connectivity index (χ3n) is 1.73. The summed E-state index contributed by atoms with van der Waals surface area (Å²) < 4.78 is 0. The van der Waals surface area contributed by atoms with Gasteiger partial charge in [-0.1, -0.05) is 0 Å². The molecule has 0 aliphatic carbocycles. The lowest BCUT2D eigenvalue weighted by Gasteiger charge is -2.16. The van der Waals surface area contributed by atoms with E-state index in [0.717, 1.165) is 0 Å². The number of carboxylic acids is 2. The zero-order valence-corrected chi connectivity index (χ0v) is 9.00. The number of aliphatic carboxylic acids is 2. The number of hydrogen-bond donors (Lipinski definition) is 3. The topological polar surface area (TPSA) is 86.6 Å². The van der Waals surface area contributed by atoms with Crippen molar-refractivity contribution in [3.63, 3.8) is 0 Å². The molecule has 0 saturated carbocycles. The third-order valence-corrected chi connectivity index (χ3v) is 2.37. The SMILES string of the molecule is CSCC[C@H](NC(C)C(=O)O)C(=O)O. The summed E-state index contributed by atoms with van der Waals surface area (Å²) in [5.41, 5.74) is 0. The van der Waals surface area contributed by atoms with E-state index >= 15 is 0 Å². The van der Waals surface area contributed by atoms with Gasteiger partial charge in [-0.3, -0.25) is 14.9 Å². The Hall–Kier alpha value is -0.750. The highest BCUT2D eigenvalue weighted by molar-refractivity contribution is 7.98. The number of thioether (sulfide) groups is 1. The molecule has 82 valence electrons. The van der Waals surface area contributed by atoms with Gasteiger partial charge in [0.15, 0.2) is 0 Å². The van der Waals surface area contributed by atoms with Crippen LogP contribution in [0.4, 0.5) is 0 Å². The molecular formula is C8H15NO4S. The van der Waals surface area contributed by atoms with Crippen molar-refractivity contribution in [2.24, 2.45) is 0 Å². The van der Waals surface area contributed by atoms with Crippen LogP contribution in [0.15, 0.2) is 0 Å². The molecule has 5 nitrogen and oxygen atoms in total. The molecule has 0 aliphatic rings. The molecule has 0 aromatic carbocycles. The molecule has 0 rings (SSSR count). The summed E-state index contributed by atoms with van der Waals surface area (Å²) in [5, 5.41) is 19.9. The fourth-order valence-corrected chi connectivity index (χ4v) is 1.36. The van der Waals surface area contributed by atoms with Gasteiger partial charge in [-0.2, -0.15) is 11.8 Å². The monoisotopic (exact) mass is 221 g/mol. The van der Waals surface area contributed by atoms with Crippen molar-refractivity contribution in [1.82, 2.24) is 5.32 Å². The van der Waals surface area contributed by atoms with Gasteiger partial charge in [0.25, 0.3) is 0 Å². The van der Waals surface area contributed by atoms with Crippen LogP contribution in [0.25, 0.3) is 0 Å². The summed E-state index contributed by atoms with van der Waals surface area (Å²) in [6.07, 6.45) is 2.30. The van der Waals surface area contributed by atoms with Gasteiger partial charge < -0.3 is 10.2 Å². The summed E-state index contributed by atoms with van der Waals surface area (Å²) in [4.78, 5) is 21.2. The second-order valence-electron chi connectivity index (χ2n) is 2.90. The number of nitrogens with one attached hydrogen (secondary N) is 1. The molecule has 0 aromatic heterocycles. The van der Waals surface area contributed by atoms with E-state index in [-0.39, 0.29) is 0 Å². The van der Waals surface area contributed by atoms with E-state index in [2.05, 4.69) is 5.32 Å². The molecule has 2 atom stereocenters. The van der Waals surface area contributed by atoms with Crippen molar-refractivity contribution in [3.05, 3.63) is 0 Å². The zero-order valence-electron chi connectivity index (χ0n) is 8.19.